The minimum atomic E-state index is -0.461. The van der Waals surface area contributed by atoms with Gasteiger partial charge in [-0.2, -0.15) is 0 Å². The van der Waals surface area contributed by atoms with Crippen LogP contribution in [0.3, 0.4) is 0 Å². The van der Waals surface area contributed by atoms with Gasteiger partial charge in [0.1, 0.15) is 5.60 Å². The van der Waals surface area contributed by atoms with Gasteiger partial charge in [0.05, 0.1) is 0 Å². The minimum Gasteiger partial charge on any atom is -0.444 e. The zero-order chi connectivity index (χ0) is 13.1. The second-order valence-electron chi connectivity index (χ2n) is 5.30. The van der Waals surface area contributed by atoms with Crippen LogP contribution in [0.5, 0.6) is 0 Å². The largest absolute Gasteiger partial charge is 0.444 e. The van der Waals surface area contributed by atoms with Gasteiger partial charge in [0.2, 0.25) is 0 Å². The van der Waals surface area contributed by atoms with Gasteiger partial charge in [-0.1, -0.05) is 11.8 Å². The summed E-state index contributed by atoms with van der Waals surface area (Å²) in [6.45, 7) is 8.48. The molecule has 4 nitrogen and oxygen atoms in total. The van der Waals surface area contributed by atoms with E-state index >= 15 is 0 Å². The number of hydrogen-bond donors (Lipinski definition) is 0. The lowest BCUT2D eigenvalue weighted by molar-refractivity contribution is -0.109. The molecule has 1 amide bonds. The van der Waals surface area contributed by atoms with Crippen molar-refractivity contribution in [3.8, 4) is 0 Å². The number of amides is 1. The Kier molecular flexibility index (Phi) is 4.86. The predicted octanol–water partition coefficient (Wildman–Crippen LogP) is 2.67. The zero-order valence-electron chi connectivity index (χ0n) is 11.0. The van der Waals surface area contributed by atoms with E-state index in [9.17, 15) is 9.59 Å². The third-order valence-electron chi connectivity index (χ3n) is 2.36. The molecule has 0 aliphatic carbocycles. The lowest BCUT2D eigenvalue weighted by atomic mass is 10.1. The summed E-state index contributed by atoms with van der Waals surface area (Å²) in [5.74, 6) is 0. The highest BCUT2D eigenvalue weighted by atomic mass is 32.2. The second kappa shape index (κ2) is 5.76. The maximum Gasteiger partial charge on any atom is 0.410 e. The van der Waals surface area contributed by atoms with Crippen LogP contribution in [0.4, 0.5) is 4.79 Å². The van der Waals surface area contributed by atoms with Gasteiger partial charge in [-0.05, 0) is 33.6 Å². The molecule has 0 bridgehead atoms. The zero-order valence-corrected chi connectivity index (χ0v) is 11.8. The molecule has 0 spiro atoms. The van der Waals surface area contributed by atoms with Gasteiger partial charge < -0.3 is 9.64 Å². The van der Waals surface area contributed by atoms with Gasteiger partial charge in [-0.15, -0.1) is 0 Å². The molecule has 0 radical (unpaired) electrons. The fourth-order valence-electron chi connectivity index (χ4n) is 1.76. The third-order valence-corrected chi connectivity index (χ3v) is 3.41. The summed E-state index contributed by atoms with van der Waals surface area (Å²) in [4.78, 5) is 24.6. The average Bonchev–Trinajstić information content (AvgIpc) is 2.14. The van der Waals surface area contributed by atoms with E-state index in [1.165, 1.54) is 11.8 Å². The average molecular weight is 259 g/mol. The lowest BCUT2D eigenvalue weighted by Crippen LogP contribution is -2.44. The molecule has 0 saturated carbocycles. The Morgan fingerprint density at radius 2 is 2.00 bits per heavy atom. The Balaban J connectivity index is 2.49. The fraction of sp³-hybridized carbons (Fsp3) is 0.833. The maximum absolute atomic E-state index is 11.9. The molecule has 0 unspecified atom stereocenters. The highest BCUT2D eigenvalue weighted by molar-refractivity contribution is 8.14. The first-order chi connectivity index (χ1) is 7.78. The van der Waals surface area contributed by atoms with E-state index in [0.29, 0.717) is 6.54 Å². The first-order valence-electron chi connectivity index (χ1n) is 5.93. The maximum atomic E-state index is 11.9. The van der Waals surface area contributed by atoms with Gasteiger partial charge in [-0.25, -0.2) is 4.79 Å². The molecule has 5 heteroatoms. The predicted molar refractivity (Wildman–Crippen MR) is 69.1 cm³/mol. The number of carbonyl (C=O) groups is 2. The van der Waals surface area contributed by atoms with Gasteiger partial charge >= 0.3 is 6.09 Å². The summed E-state index contributed by atoms with van der Waals surface area (Å²) in [6, 6.07) is 0. The molecule has 1 aliphatic rings. The van der Waals surface area contributed by atoms with Gasteiger partial charge in [0, 0.05) is 25.3 Å². The van der Waals surface area contributed by atoms with Crippen LogP contribution in [0.2, 0.25) is 0 Å². The van der Waals surface area contributed by atoms with E-state index in [0.717, 1.165) is 19.4 Å². The van der Waals surface area contributed by atoms with Crippen molar-refractivity contribution in [1.29, 1.82) is 0 Å². The van der Waals surface area contributed by atoms with E-state index in [-0.39, 0.29) is 16.5 Å². The van der Waals surface area contributed by atoms with Crippen LogP contribution in [0.25, 0.3) is 0 Å². The molecule has 98 valence electrons. The number of nitrogens with zero attached hydrogens (tertiary/aromatic N) is 1. The number of likely N-dealkylation sites (tertiary alicyclic amines) is 1. The SMILES string of the molecule is CC(=O)S[C@H]1CCCN(C(=O)OC(C)(C)C)C1. The van der Waals surface area contributed by atoms with Gasteiger partial charge in [-0.3, -0.25) is 4.79 Å². The van der Waals surface area contributed by atoms with Crippen molar-refractivity contribution >= 4 is 23.0 Å². The molecular weight excluding hydrogens is 238 g/mol. The van der Waals surface area contributed by atoms with Crippen molar-refractivity contribution in [3.05, 3.63) is 0 Å². The molecule has 1 saturated heterocycles. The molecule has 1 atom stereocenters. The molecule has 0 aromatic heterocycles. The quantitative estimate of drug-likeness (QED) is 0.726. The topological polar surface area (TPSA) is 46.6 Å². The number of piperidine rings is 1. The van der Waals surface area contributed by atoms with Crippen molar-refractivity contribution in [2.75, 3.05) is 13.1 Å². The summed E-state index contributed by atoms with van der Waals surface area (Å²) < 4.78 is 5.32. The van der Waals surface area contributed by atoms with Crippen LogP contribution in [0.15, 0.2) is 0 Å². The number of thioether (sulfide) groups is 1. The normalized spacial score (nSPS) is 21.2. The number of rotatable bonds is 1. The molecule has 17 heavy (non-hydrogen) atoms. The van der Waals surface area contributed by atoms with Crippen LogP contribution < -0.4 is 0 Å². The summed E-state index contributed by atoms with van der Waals surface area (Å²) in [7, 11) is 0. The van der Waals surface area contributed by atoms with Crippen molar-refractivity contribution in [2.45, 2.75) is 51.4 Å². The van der Waals surface area contributed by atoms with Crippen molar-refractivity contribution in [3.63, 3.8) is 0 Å². The van der Waals surface area contributed by atoms with Crippen LogP contribution in [-0.4, -0.2) is 40.0 Å². The van der Waals surface area contributed by atoms with Crippen LogP contribution in [0, 0.1) is 0 Å². The van der Waals surface area contributed by atoms with Crippen LogP contribution in [-0.2, 0) is 9.53 Å². The molecule has 1 heterocycles. The molecule has 1 rings (SSSR count). The molecular formula is C12H21NO3S. The van der Waals surface area contributed by atoms with E-state index in [2.05, 4.69) is 0 Å². The van der Waals surface area contributed by atoms with Crippen LogP contribution in [0.1, 0.15) is 40.5 Å². The van der Waals surface area contributed by atoms with Crippen molar-refractivity contribution in [1.82, 2.24) is 4.90 Å². The first-order valence-corrected chi connectivity index (χ1v) is 6.81. The van der Waals surface area contributed by atoms with E-state index in [1.807, 2.05) is 20.8 Å². The Morgan fingerprint density at radius 3 is 2.53 bits per heavy atom. The summed E-state index contributed by atoms with van der Waals surface area (Å²) in [5.41, 5.74) is -0.461. The third kappa shape index (κ3) is 5.44. The smallest absolute Gasteiger partial charge is 0.410 e. The van der Waals surface area contributed by atoms with Crippen LogP contribution >= 0.6 is 11.8 Å². The second-order valence-corrected chi connectivity index (χ2v) is 6.78. The Labute approximate surface area is 107 Å². The standard InChI is InChI=1S/C12H21NO3S/c1-9(14)17-10-6-5-7-13(8-10)11(15)16-12(2,3)4/h10H,5-8H2,1-4H3/t10-/m0/s1. The molecule has 0 aromatic rings. The Bertz CT molecular complexity index is 299. The highest BCUT2D eigenvalue weighted by Gasteiger charge is 2.28. The number of hydrogen-bond acceptors (Lipinski definition) is 4. The molecule has 0 N–H and O–H groups in total. The highest BCUT2D eigenvalue weighted by Crippen LogP contribution is 2.24. The number of ether oxygens (including phenoxy) is 1. The van der Waals surface area contributed by atoms with Gasteiger partial charge in [0.15, 0.2) is 5.12 Å². The van der Waals surface area contributed by atoms with Gasteiger partial charge in [0.25, 0.3) is 0 Å². The minimum absolute atomic E-state index is 0.112. The molecule has 0 aromatic carbocycles. The summed E-state index contributed by atoms with van der Waals surface area (Å²) in [5, 5.41) is 0.329. The van der Waals surface area contributed by atoms with Crippen molar-refractivity contribution < 1.29 is 14.3 Å². The Hall–Kier alpha value is -0.710. The van der Waals surface area contributed by atoms with E-state index < -0.39 is 5.60 Å². The van der Waals surface area contributed by atoms with Crippen molar-refractivity contribution in [2.24, 2.45) is 0 Å². The summed E-state index contributed by atoms with van der Waals surface area (Å²) >= 11 is 1.33. The van der Waals surface area contributed by atoms with E-state index in [1.54, 1.807) is 11.8 Å². The van der Waals surface area contributed by atoms with E-state index in [4.69, 9.17) is 4.74 Å². The number of carbonyl (C=O) groups excluding carboxylic acids is 2. The summed E-state index contributed by atoms with van der Waals surface area (Å²) in [6.07, 6.45) is 1.65. The molecule has 1 aliphatic heterocycles. The Morgan fingerprint density at radius 1 is 1.35 bits per heavy atom. The first kappa shape index (κ1) is 14.4. The lowest BCUT2D eigenvalue weighted by Gasteiger charge is -2.33. The molecule has 1 fully saturated rings. The fourth-order valence-corrected chi connectivity index (χ4v) is 2.77. The monoisotopic (exact) mass is 259 g/mol.